The van der Waals surface area contributed by atoms with Crippen LogP contribution < -0.4 is 22.9 Å². The summed E-state index contributed by atoms with van der Waals surface area (Å²) in [6.07, 6.45) is -3.48. The van der Waals surface area contributed by atoms with Crippen molar-refractivity contribution in [2.75, 3.05) is 74.2 Å². The van der Waals surface area contributed by atoms with Gasteiger partial charge in [-0.25, -0.2) is 0 Å². The van der Waals surface area contributed by atoms with E-state index in [9.17, 15) is 67.7 Å². The molecule has 4 fully saturated rings. The Morgan fingerprint density at radius 3 is 1.40 bits per heavy atom. The molecular weight excluding hydrogens is 1630 g/mol. The van der Waals surface area contributed by atoms with Gasteiger partial charge in [-0.05, 0) is 101 Å². The molecule has 4 saturated heterocycles. The van der Waals surface area contributed by atoms with Crippen LogP contribution in [0.2, 0.25) is 0 Å². The first-order chi connectivity index (χ1) is 58.1. The maximum absolute atomic E-state index is 15.4. The number of aliphatic carboxylic acids is 1. The number of unbranched alkanes of at least 4 members (excludes halogenated alkanes) is 2. The Kier molecular flexibility index (Phi) is 46.6. The number of thioether (sulfide) groups is 3. The molecule has 4 amide bonds. The molecule has 4 aliphatic rings. The molecule has 4 aliphatic heterocycles. The van der Waals surface area contributed by atoms with Gasteiger partial charge in [0.25, 0.3) is 0 Å². The summed E-state index contributed by atoms with van der Waals surface area (Å²) >= 11 is 3.69. The molecule has 1 unspecified atom stereocenters. The van der Waals surface area contributed by atoms with Crippen molar-refractivity contribution in [2.24, 2.45) is 122 Å². The highest BCUT2D eigenvalue weighted by molar-refractivity contribution is 7.99. The van der Waals surface area contributed by atoms with E-state index in [-0.39, 0.29) is 242 Å². The number of hydrogen-bond acceptors (Lipinski definition) is 23. The fourth-order valence-electron chi connectivity index (χ4n) is 16.9. The molecule has 14 atom stereocenters. The van der Waals surface area contributed by atoms with E-state index in [0.29, 0.717) is 32.1 Å². The number of fused-ring (bicyclic) bond motifs is 8. The summed E-state index contributed by atoms with van der Waals surface area (Å²) in [7, 11) is 0. The van der Waals surface area contributed by atoms with Gasteiger partial charge in [0.15, 0.2) is 17.7 Å². The molecule has 0 saturated carbocycles. The highest BCUT2D eigenvalue weighted by Crippen LogP contribution is 2.36. The number of nitrogens with zero attached hydrogens (tertiary/aromatic N) is 6. The number of hydrogen-bond donors (Lipinski definition) is 6. The molecule has 0 aliphatic carbocycles. The summed E-state index contributed by atoms with van der Waals surface area (Å²) in [6.45, 7) is 17.1. The predicted molar refractivity (Wildman–Crippen MR) is 477 cm³/mol. The van der Waals surface area contributed by atoms with Gasteiger partial charge in [-0.1, -0.05) is 98.6 Å². The summed E-state index contributed by atoms with van der Waals surface area (Å²) in [5, 5.41) is 21.4. The van der Waals surface area contributed by atoms with E-state index in [4.69, 9.17) is 22.9 Å². The van der Waals surface area contributed by atoms with Crippen LogP contribution in [0.5, 0.6) is 0 Å². The second kappa shape index (κ2) is 54.2. The van der Waals surface area contributed by atoms with Gasteiger partial charge in [0.2, 0.25) is 23.6 Å². The molecule has 5 rings (SSSR count). The number of ketones is 12. The van der Waals surface area contributed by atoms with E-state index in [1.165, 1.54) is 57.0 Å². The fourth-order valence-corrected chi connectivity index (χ4v) is 20.1. The number of carbonyl (C=O) groups excluding carboxylic acids is 16. The third-order valence-electron chi connectivity index (χ3n) is 24.3. The summed E-state index contributed by atoms with van der Waals surface area (Å²) in [5.41, 5.74) is 23.2. The smallest absolute Gasteiger partial charge is 0.303 e. The molecule has 29 nitrogen and oxygen atoms in total. The number of aliphatic hydroxyl groups is 1. The largest absolute Gasteiger partial charge is 0.481 e. The number of benzene rings is 1. The number of amides is 4. The van der Waals surface area contributed by atoms with Crippen molar-refractivity contribution >= 4 is 146 Å². The van der Waals surface area contributed by atoms with Crippen LogP contribution in [0.25, 0.3) is 0 Å². The maximum Gasteiger partial charge on any atom is 0.303 e. The first kappa shape index (κ1) is 106. The second-order valence-electron chi connectivity index (χ2n) is 35.9. The molecule has 0 spiro atoms. The van der Waals surface area contributed by atoms with Gasteiger partial charge < -0.3 is 52.7 Å². The maximum atomic E-state index is 15.4. The van der Waals surface area contributed by atoms with Gasteiger partial charge in [0, 0.05) is 216 Å². The average Bonchev–Trinajstić information content (AvgIpc) is 1.64. The normalized spacial score (nSPS) is 26.8. The van der Waals surface area contributed by atoms with E-state index in [1.807, 2.05) is 45.9 Å². The predicted octanol–water partition coefficient (Wildman–Crippen LogP) is 9.44. The van der Waals surface area contributed by atoms with Gasteiger partial charge in [-0.3, -0.25) is 91.5 Å². The first-order valence-corrected chi connectivity index (χ1v) is 47.8. The van der Waals surface area contributed by atoms with E-state index in [2.05, 4.69) is 9.98 Å². The molecule has 1 aromatic rings. The quantitative estimate of drug-likeness (QED) is 0.0357. The number of carboxylic acids is 1. The van der Waals surface area contributed by atoms with Crippen LogP contribution in [0.1, 0.15) is 242 Å². The summed E-state index contributed by atoms with van der Waals surface area (Å²) < 4.78 is 0. The number of carboxylic acid groups (broad SMARTS) is 1. The Labute approximate surface area is 739 Å². The zero-order chi connectivity index (χ0) is 91.3. The van der Waals surface area contributed by atoms with E-state index in [1.54, 1.807) is 39.8 Å². The van der Waals surface area contributed by atoms with Crippen molar-refractivity contribution in [3.05, 3.63) is 35.9 Å². The molecule has 0 radical (unpaired) electrons. The number of aliphatic hydroxyl groups excluding tert-OH is 1. The lowest BCUT2D eigenvalue weighted by molar-refractivity contribution is -0.158. The van der Waals surface area contributed by atoms with E-state index in [0.717, 1.165) is 17.3 Å². The van der Waals surface area contributed by atoms with Crippen LogP contribution in [0, 0.1) is 88.8 Å². The van der Waals surface area contributed by atoms with Crippen LogP contribution in [0.3, 0.4) is 0 Å². The van der Waals surface area contributed by atoms with Gasteiger partial charge >= 0.3 is 5.97 Å². The number of rotatable bonds is 22. The Balaban J connectivity index is 1.63. The van der Waals surface area contributed by atoms with Crippen LogP contribution in [0.4, 0.5) is 0 Å². The fraction of sp³-hybridized carbons (Fsp3) is 0.725. The van der Waals surface area contributed by atoms with Crippen LogP contribution in [-0.4, -0.2) is 227 Å². The lowest BCUT2D eigenvalue weighted by atomic mass is 9.77. The Bertz CT molecular complexity index is 3850. The number of nitrogens with two attached hydrogens (primary N) is 4. The number of carbonyl (C=O) groups is 17. The second-order valence-corrected chi connectivity index (χ2v) is 39.4. The standard InChI is InChI=1S/C91H140N10O19S3/c1-55(2)35-66-42-74(104)58(7)37-76(106)70-46-78(108)65(24-25-88(118)119)39-77(107)63(21-14-16-29-96-90(92)93)40-82(112)71(57(5)6)47-75(105)59(8)49-121-32-26-85(115)98-52-99(54-100(53-98)87(117)28-34-123-51-70)86(116)27-33-122-50-69(60(9)102)45-83(113)72(61(10)103)48-81(111)64(22-15-17-30-97-91(94)95)41-84(114)73-23-18-31-101(73)89(120)68(38-62-19-12-11-13-20-62)44-80(110)67(36-56(3)4)43-79(66)109/h11-13,19-20,55-59,61,63-73,103H,14-18,21-54H2,1-10H3,(H,118,119)(H4,92,93,96)(H4,94,95,97)/t58-,59+,61?,63-,64-,65+,66-,67-,68-,69+,70+,71+,72+,73+/m0/s1. The molecule has 32 heteroatoms. The summed E-state index contributed by atoms with van der Waals surface area (Å²) in [5.74, 6) is -20.6. The molecule has 4 bridgehead atoms. The Morgan fingerprint density at radius 1 is 0.472 bits per heavy atom. The van der Waals surface area contributed by atoms with Crippen molar-refractivity contribution in [1.82, 2.24) is 19.6 Å². The summed E-state index contributed by atoms with van der Waals surface area (Å²) in [4.78, 5) is 262. The molecule has 686 valence electrons. The summed E-state index contributed by atoms with van der Waals surface area (Å²) in [6, 6.07) is 8.08. The zero-order valence-corrected chi connectivity index (χ0v) is 76.8. The van der Waals surface area contributed by atoms with Gasteiger partial charge in [0.05, 0.1) is 38.1 Å². The van der Waals surface area contributed by atoms with Gasteiger partial charge in [-0.15, -0.1) is 0 Å². The topological polar surface area (TPSA) is 472 Å². The van der Waals surface area contributed by atoms with Crippen molar-refractivity contribution in [3.8, 4) is 0 Å². The minimum atomic E-state index is -1.38. The van der Waals surface area contributed by atoms with Crippen LogP contribution in [-0.2, 0) is 87.9 Å². The van der Waals surface area contributed by atoms with E-state index < -0.39 is 185 Å². The van der Waals surface area contributed by atoms with Gasteiger partial charge in [0.1, 0.15) is 63.6 Å². The molecule has 10 N–H and O–H groups in total. The SMILES string of the molecule is CC(=O)[C@H]1CSCCC(=O)N2CN3CN(C2)C(=O)CCSC[C@@H](C)C(=O)C[C@H](C(C)C)C(=O)C[C@H](CCCCN=C(N)N)C(=O)C[C@@H](CCC(=O)O)C(=O)C[C@H](CSCCC3=O)C(=O)C[C@H](C)C(=O)C[C@H](CC(C)C)C(=O)C[C@H](CC(C)C)C(=O)C[C@H](Cc2ccccc2)C(=O)N2CCC[C@@H]2C(=O)C[C@H](CCCCN=C(N)N)C(=O)C[C@H](C(C)O)C(=O)C1. The third-order valence-corrected chi connectivity index (χ3v) is 27.8. The highest BCUT2D eigenvalue weighted by Gasteiger charge is 2.43. The molecule has 0 aromatic heterocycles. The molecular formula is C91H140N10O19S3. The lowest BCUT2D eigenvalue weighted by Gasteiger charge is -2.42. The van der Waals surface area contributed by atoms with Crippen molar-refractivity contribution < 1.29 is 91.7 Å². The minimum Gasteiger partial charge on any atom is -0.481 e. The average molecular weight is 1770 g/mol. The third kappa shape index (κ3) is 37.3. The number of aliphatic imine (C=N–C) groups is 2. The minimum absolute atomic E-state index is 0.0334. The molecule has 123 heavy (non-hydrogen) atoms. The van der Waals surface area contributed by atoms with Crippen molar-refractivity contribution in [2.45, 2.75) is 255 Å². The van der Waals surface area contributed by atoms with E-state index >= 15 is 24.0 Å². The molecule has 1 aromatic carbocycles. The van der Waals surface area contributed by atoms with Crippen LogP contribution in [0.15, 0.2) is 40.3 Å². The van der Waals surface area contributed by atoms with Crippen LogP contribution >= 0.6 is 35.3 Å². The Morgan fingerprint density at radius 2 is 0.902 bits per heavy atom. The lowest BCUT2D eigenvalue weighted by Crippen LogP contribution is -2.59. The monoisotopic (exact) mass is 1770 g/mol. The number of guanidine groups is 2. The first-order valence-electron chi connectivity index (χ1n) is 44.4. The highest BCUT2D eigenvalue weighted by atomic mass is 32.2. The van der Waals surface area contributed by atoms with Crippen molar-refractivity contribution in [3.63, 3.8) is 0 Å². The molecule has 4 heterocycles. The van der Waals surface area contributed by atoms with Crippen molar-refractivity contribution in [1.29, 1.82) is 0 Å². The number of Topliss-reactive ketones (excluding diaryl/α,β-unsaturated/α-hetero) is 12. The Hall–Kier alpha value is -7.84. The van der Waals surface area contributed by atoms with Gasteiger partial charge in [-0.2, -0.15) is 35.3 Å². The zero-order valence-electron chi connectivity index (χ0n) is 74.3.